The molecule has 2 N–H and O–H groups in total. The topological polar surface area (TPSA) is 121 Å². The van der Waals surface area contributed by atoms with Gasteiger partial charge in [0, 0.05) is 22.2 Å². The second-order valence-electron chi connectivity index (χ2n) is 9.70. The van der Waals surface area contributed by atoms with Crippen molar-refractivity contribution in [2.45, 2.75) is 31.7 Å². The van der Waals surface area contributed by atoms with Gasteiger partial charge in [0.2, 0.25) is 11.8 Å². The number of carbonyl (C=O) groups is 3. The van der Waals surface area contributed by atoms with Crippen molar-refractivity contribution in [1.29, 1.82) is 5.26 Å². The number of likely N-dealkylation sites (tertiary alicyclic amines) is 1. The van der Waals surface area contributed by atoms with Gasteiger partial charge in [0.25, 0.3) is 5.91 Å². The van der Waals surface area contributed by atoms with E-state index < -0.39 is 23.6 Å². The van der Waals surface area contributed by atoms with Crippen molar-refractivity contribution >= 4 is 29.1 Å². The Hall–Kier alpha value is -4.11. The van der Waals surface area contributed by atoms with Crippen LogP contribution in [0, 0.1) is 24.1 Å². The van der Waals surface area contributed by atoms with Crippen molar-refractivity contribution in [2.75, 3.05) is 26.3 Å². The highest BCUT2D eigenvalue weighted by molar-refractivity contribution is 7.10. The van der Waals surface area contributed by atoms with Crippen LogP contribution < -0.4 is 10.6 Å². The van der Waals surface area contributed by atoms with Gasteiger partial charge in [-0.15, -0.1) is 11.3 Å². The number of carbonyl (C=O) groups excluding carboxylic acids is 3. The van der Waals surface area contributed by atoms with Gasteiger partial charge >= 0.3 is 0 Å². The standard InChI is InChI=1S/C29H27FN4O5S/c1-18-10-22(6-7-24(18)30)20-2-4-21(5-3-20)27(36)33-15-26(35)34-17-29(38-8-9-39-29)12-25(34)28(37)32-14-23-11-19(13-31)16-40-23/h2-7,10-11,16,25H,8-9,12,14-15,17H2,1H3,(H,32,37)(H,33,36)/t25-/m0/s1. The highest BCUT2D eigenvalue weighted by Gasteiger charge is 2.52. The van der Waals surface area contributed by atoms with E-state index in [-0.39, 0.29) is 37.8 Å². The van der Waals surface area contributed by atoms with Crippen LogP contribution in [0.15, 0.2) is 53.9 Å². The Morgan fingerprint density at radius 1 is 1.10 bits per heavy atom. The van der Waals surface area contributed by atoms with Crippen molar-refractivity contribution < 1.29 is 28.2 Å². The van der Waals surface area contributed by atoms with E-state index in [1.54, 1.807) is 54.8 Å². The van der Waals surface area contributed by atoms with E-state index in [1.165, 1.54) is 22.3 Å². The maximum Gasteiger partial charge on any atom is 0.251 e. The Morgan fingerprint density at radius 2 is 1.82 bits per heavy atom. The summed E-state index contributed by atoms with van der Waals surface area (Å²) in [5.41, 5.74) is 3.07. The molecule has 1 aromatic heterocycles. The molecule has 3 heterocycles. The third-order valence-corrected chi connectivity index (χ3v) is 7.92. The van der Waals surface area contributed by atoms with Crippen LogP contribution in [0.2, 0.25) is 0 Å². The maximum absolute atomic E-state index is 13.6. The van der Waals surface area contributed by atoms with Crippen LogP contribution >= 0.6 is 11.3 Å². The van der Waals surface area contributed by atoms with Crippen molar-refractivity contribution in [2.24, 2.45) is 0 Å². The Bertz CT molecular complexity index is 1480. The van der Waals surface area contributed by atoms with E-state index in [9.17, 15) is 18.8 Å². The van der Waals surface area contributed by atoms with E-state index in [4.69, 9.17) is 14.7 Å². The fourth-order valence-corrected chi connectivity index (χ4v) is 5.61. The average Bonchev–Trinajstić information content (AvgIpc) is 3.72. The molecule has 2 aliphatic heterocycles. The Balaban J connectivity index is 1.21. The minimum atomic E-state index is -1.05. The molecule has 3 amide bonds. The lowest BCUT2D eigenvalue weighted by molar-refractivity contribution is -0.152. The molecule has 0 aliphatic carbocycles. The number of benzene rings is 2. The molecule has 206 valence electrons. The summed E-state index contributed by atoms with van der Waals surface area (Å²) >= 11 is 1.36. The summed E-state index contributed by atoms with van der Waals surface area (Å²) in [5.74, 6) is -2.58. The molecule has 2 saturated heterocycles. The summed E-state index contributed by atoms with van der Waals surface area (Å²) in [6, 6.07) is 14.5. The smallest absolute Gasteiger partial charge is 0.251 e. The van der Waals surface area contributed by atoms with Crippen molar-refractivity contribution in [3.63, 3.8) is 0 Å². The lowest BCUT2D eigenvalue weighted by Crippen LogP contribution is -2.49. The molecule has 0 radical (unpaired) electrons. The Morgan fingerprint density at radius 3 is 2.50 bits per heavy atom. The number of ether oxygens (including phenoxy) is 2. The third kappa shape index (κ3) is 5.89. The predicted octanol–water partition coefficient (Wildman–Crippen LogP) is 3.12. The number of nitrogens with one attached hydrogen (secondary N) is 2. The number of hydrogen-bond acceptors (Lipinski definition) is 7. The number of thiophene rings is 1. The molecule has 3 aromatic rings. The molecule has 0 unspecified atom stereocenters. The number of nitrogens with zero attached hydrogens (tertiary/aromatic N) is 2. The van der Waals surface area contributed by atoms with Gasteiger partial charge in [0.1, 0.15) is 17.9 Å². The lowest BCUT2D eigenvalue weighted by atomic mass is 10.0. The van der Waals surface area contributed by atoms with Crippen molar-refractivity contribution in [3.05, 3.63) is 81.3 Å². The number of aryl methyl sites for hydroxylation is 1. The van der Waals surface area contributed by atoms with Crippen LogP contribution in [-0.4, -0.2) is 60.8 Å². The summed E-state index contributed by atoms with van der Waals surface area (Å²) in [4.78, 5) is 41.3. The summed E-state index contributed by atoms with van der Waals surface area (Å²) in [6.45, 7) is 2.41. The lowest BCUT2D eigenvalue weighted by Gasteiger charge is -2.24. The number of rotatable bonds is 7. The fourth-order valence-electron chi connectivity index (χ4n) is 4.86. The van der Waals surface area contributed by atoms with Crippen LogP contribution in [0.5, 0.6) is 0 Å². The molecule has 2 fully saturated rings. The molecule has 9 nitrogen and oxygen atoms in total. The van der Waals surface area contributed by atoms with Gasteiger partial charge in [0.15, 0.2) is 5.79 Å². The first-order chi connectivity index (χ1) is 19.3. The predicted molar refractivity (Wildman–Crippen MR) is 145 cm³/mol. The molecule has 2 aromatic carbocycles. The molecule has 2 aliphatic rings. The third-order valence-electron chi connectivity index (χ3n) is 6.99. The largest absolute Gasteiger partial charge is 0.349 e. The number of amides is 3. The van der Waals surface area contributed by atoms with E-state index >= 15 is 0 Å². The Kier molecular flexibility index (Phi) is 7.93. The first-order valence-electron chi connectivity index (χ1n) is 12.7. The minimum Gasteiger partial charge on any atom is -0.349 e. The highest BCUT2D eigenvalue weighted by Crippen LogP contribution is 2.35. The van der Waals surface area contributed by atoms with Gasteiger partial charge in [-0.05, 0) is 53.9 Å². The number of hydrogen-bond donors (Lipinski definition) is 2. The molecule has 0 bridgehead atoms. The second kappa shape index (κ2) is 11.6. The van der Waals surface area contributed by atoms with Crippen molar-refractivity contribution in [3.8, 4) is 17.2 Å². The summed E-state index contributed by atoms with van der Waals surface area (Å²) in [5, 5.41) is 16.2. The van der Waals surface area contributed by atoms with Gasteiger partial charge in [-0.1, -0.05) is 18.2 Å². The minimum absolute atomic E-state index is 0.0726. The molecule has 1 atom stereocenters. The van der Waals surface area contributed by atoms with Crippen LogP contribution in [0.3, 0.4) is 0 Å². The second-order valence-corrected chi connectivity index (χ2v) is 10.7. The summed E-state index contributed by atoms with van der Waals surface area (Å²) in [6.07, 6.45) is 0.177. The SMILES string of the molecule is Cc1cc(-c2ccc(C(=O)NCC(=O)N3CC4(C[C@H]3C(=O)NCc3cc(C#N)cs3)OCCO4)cc2)ccc1F. The summed E-state index contributed by atoms with van der Waals surface area (Å²) < 4.78 is 25.1. The zero-order valence-electron chi connectivity index (χ0n) is 21.7. The van der Waals surface area contributed by atoms with Gasteiger partial charge in [-0.3, -0.25) is 14.4 Å². The van der Waals surface area contributed by atoms with Crippen molar-refractivity contribution in [1.82, 2.24) is 15.5 Å². The monoisotopic (exact) mass is 562 g/mol. The molecule has 5 rings (SSSR count). The first-order valence-corrected chi connectivity index (χ1v) is 13.6. The molecular weight excluding hydrogens is 535 g/mol. The first kappa shape index (κ1) is 27.5. The van der Waals surface area contributed by atoms with E-state index in [1.807, 2.05) is 0 Å². The highest BCUT2D eigenvalue weighted by atomic mass is 32.1. The van der Waals surface area contributed by atoms with Crippen LogP contribution in [0.1, 0.15) is 32.8 Å². The van der Waals surface area contributed by atoms with Gasteiger partial charge < -0.3 is 25.0 Å². The van der Waals surface area contributed by atoms with Gasteiger partial charge in [0.05, 0.1) is 38.4 Å². The Labute approximate surface area is 234 Å². The fraction of sp³-hybridized carbons (Fsp3) is 0.310. The molecule has 40 heavy (non-hydrogen) atoms. The summed E-state index contributed by atoms with van der Waals surface area (Å²) in [7, 11) is 0. The normalized spacial score (nSPS) is 17.5. The van der Waals surface area contributed by atoms with Crippen LogP contribution in [0.25, 0.3) is 11.1 Å². The van der Waals surface area contributed by atoms with E-state index in [0.717, 1.165) is 16.0 Å². The van der Waals surface area contributed by atoms with Crippen LogP contribution in [0.4, 0.5) is 4.39 Å². The molecular formula is C29H27FN4O5S. The zero-order valence-corrected chi connectivity index (χ0v) is 22.6. The number of nitriles is 1. The quantitative estimate of drug-likeness (QED) is 0.457. The molecule has 1 spiro atoms. The maximum atomic E-state index is 13.6. The molecule has 11 heteroatoms. The van der Waals surface area contributed by atoms with E-state index in [2.05, 4.69) is 16.7 Å². The van der Waals surface area contributed by atoms with E-state index in [0.29, 0.717) is 29.9 Å². The number of halogens is 1. The molecule has 0 saturated carbocycles. The van der Waals surface area contributed by atoms with Gasteiger partial charge in [-0.2, -0.15) is 5.26 Å². The zero-order chi connectivity index (χ0) is 28.3. The van der Waals surface area contributed by atoms with Gasteiger partial charge in [-0.25, -0.2) is 4.39 Å². The average molecular weight is 563 g/mol. The van der Waals surface area contributed by atoms with Crippen LogP contribution in [-0.2, 0) is 25.6 Å².